The number of halogens is 2. The monoisotopic (exact) mass is 619 g/mol. The average molecular weight is 621 g/mol. The molecule has 0 spiro atoms. The molecule has 0 aliphatic carbocycles. The van der Waals surface area contributed by atoms with Crippen LogP contribution < -0.4 is 9.62 Å². The van der Waals surface area contributed by atoms with E-state index in [0.29, 0.717) is 17.3 Å². The summed E-state index contributed by atoms with van der Waals surface area (Å²) in [6.07, 6.45) is 2.06. The predicted molar refractivity (Wildman–Crippen MR) is 156 cm³/mol. The Morgan fingerprint density at radius 2 is 1.58 bits per heavy atom. The molecule has 0 aromatic heterocycles. The van der Waals surface area contributed by atoms with Gasteiger partial charge in [0.05, 0.1) is 11.9 Å². The van der Waals surface area contributed by atoms with Crippen LogP contribution in [0.4, 0.5) is 5.69 Å². The summed E-state index contributed by atoms with van der Waals surface area (Å²) in [5, 5.41) is 3.46. The first-order valence-electron chi connectivity index (χ1n) is 12.2. The number of benzene rings is 3. The molecule has 10 heteroatoms. The van der Waals surface area contributed by atoms with Gasteiger partial charge in [0, 0.05) is 29.0 Å². The van der Waals surface area contributed by atoms with Crippen molar-refractivity contribution in [2.24, 2.45) is 0 Å². The fourth-order valence-corrected chi connectivity index (χ4v) is 5.17. The molecule has 0 saturated carbocycles. The third-order valence-corrected chi connectivity index (χ3v) is 7.80. The normalized spacial score (nSPS) is 12.0. The molecule has 0 aliphatic rings. The smallest absolute Gasteiger partial charge is 0.244 e. The van der Waals surface area contributed by atoms with Crippen molar-refractivity contribution in [1.82, 2.24) is 10.2 Å². The molecule has 0 fully saturated rings. The van der Waals surface area contributed by atoms with Crippen molar-refractivity contribution in [2.75, 3.05) is 23.7 Å². The molecule has 1 unspecified atom stereocenters. The van der Waals surface area contributed by atoms with E-state index < -0.39 is 28.5 Å². The van der Waals surface area contributed by atoms with Gasteiger partial charge in [-0.2, -0.15) is 0 Å². The highest BCUT2D eigenvalue weighted by Crippen LogP contribution is 2.23. The zero-order chi connectivity index (χ0) is 27.7. The predicted octanol–water partition coefficient (Wildman–Crippen LogP) is 5.03. The molecular formula is C28H31BrClN3O4S. The Balaban J connectivity index is 2.02. The van der Waals surface area contributed by atoms with Crippen LogP contribution in [-0.4, -0.2) is 50.5 Å². The van der Waals surface area contributed by atoms with Crippen LogP contribution in [0.1, 0.15) is 24.5 Å². The Hall–Kier alpha value is -2.88. The lowest BCUT2D eigenvalue weighted by molar-refractivity contribution is -0.140. The van der Waals surface area contributed by atoms with Gasteiger partial charge in [-0.25, -0.2) is 8.42 Å². The van der Waals surface area contributed by atoms with E-state index in [1.54, 1.807) is 48.5 Å². The number of nitrogens with one attached hydrogen (secondary N) is 1. The van der Waals surface area contributed by atoms with Crippen molar-refractivity contribution in [3.05, 3.63) is 99.5 Å². The molecule has 0 saturated heterocycles. The first-order chi connectivity index (χ1) is 18.1. The SMILES string of the molecule is CCCNC(=O)C(Cc1ccccc1)N(Cc1ccc(Cl)cc1)C(=O)CN(c1ccc(Br)cc1)S(C)(=O)=O. The summed E-state index contributed by atoms with van der Waals surface area (Å²) in [6, 6.07) is 22.2. The number of sulfonamides is 1. The summed E-state index contributed by atoms with van der Waals surface area (Å²) >= 11 is 9.42. The third-order valence-electron chi connectivity index (χ3n) is 5.88. The van der Waals surface area contributed by atoms with E-state index >= 15 is 0 Å². The second kappa shape index (κ2) is 13.8. The molecule has 38 heavy (non-hydrogen) atoms. The van der Waals surface area contributed by atoms with Crippen molar-refractivity contribution in [1.29, 1.82) is 0 Å². The first kappa shape index (κ1) is 29.7. The Kier molecular flexibility index (Phi) is 10.8. The highest BCUT2D eigenvalue weighted by Gasteiger charge is 2.32. The zero-order valence-corrected chi connectivity index (χ0v) is 24.5. The van der Waals surface area contributed by atoms with Gasteiger partial charge >= 0.3 is 0 Å². The fourth-order valence-electron chi connectivity index (χ4n) is 3.93. The quantitative estimate of drug-likeness (QED) is 0.308. The summed E-state index contributed by atoms with van der Waals surface area (Å²) in [4.78, 5) is 28.8. The van der Waals surface area contributed by atoms with E-state index in [-0.39, 0.29) is 18.9 Å². The molecule has 0 aliphatic heterocycles. The number of carbonyl (C=O) groups is 2. The van der Waals surface area contributed by atoms with Crippen LogP contribution in [0.3, 0.4) is 0 Å². The van der Waals surface area contributed by atoms with Crippen molar-refractivity contribution < 1.29 is 18.0 Å². The maximum absolute atomic E-state index is 13.9. The Bertz CT molecular complexity index is 1320. The second-order valence-electron chi connectivity index (χ2n) is 8.89. The number of anilines is 1. The summed E-state index contributed by atoms with van der Waals surface area (Å²) in [5.74, 6) is -0.798. The van der Waals surface area contributed by atoms with Crippen LogP contribution >= 0.6 is 27.5 Å². The van der Waals surface area contributed by atoms with Crippen LogP contribution in [0.15, 0.2) is 83.3 Å². The molecule has 0 radical (unpaired) electrons. The van der Waals surface area contributed by atoms with Crippen molar-refractivity contribution in [3.63, 3.8) is 0 Å². The molecule has 2 amide bonds. The lowest BCUT2D eigenvalue weighted by Crippen LogP contribution is -2.53. The number of hydrogen-bond acceptors (Lipinski definition) is 4. The van der Waals surface area contributed by atoms with Crippen molar-refractivity contribution in [3.8, 4) is 0 Å². The maximum Gasteiger partial charge on any atom is 0.244 e. The van der Waals surface area contributed by atoms with Gasteiger partial charge < -0.3 is 10.2 Å². The minimum atomic E-state index is -3.80. The second-order valence-corrected chi connectivity index (χ2v) is 12.1. The lowest BCUT2D eigenvalue weighted by Gasteiger charge is -2.33. The Labute approximate surface area is 238 Å². The van der Waals surface area contributed by atoms with E-state index in [0.717, 1.165) is 32.6 Å². The number of nitrogens with zero attached hydrogens (tertiary/aromatic N) is 2. The molecular weight excluding hydrogens is 590 g/mol. The summed E-state index contributed by atoms with van der Waals surface area (Å²) in [7, 11) is -3.80. The van der Waals surface area contributed by atoms with Crippen LogP contribution in [-0.2, 0) is 32.6 Å². The molecule has 3 aromatic carbocycles. The van der Waals surface area contributed by atoms with Crippen LogP contribution in [0.5, 0.6) is 0 Å². The Morgan fingerprint density at radius 1 is 0.947 bits per heavy atom. The van der Waals surface area contributed by atoms with Gasteiger partial charge in [0.15, 0.2) is 0 Å². The highest BCUT2D eigenvalue weighted by molar-refractivity contribution is 9.10. The first-order valence-corrected chi connectivity index (χ1v) is 15.2. The largest absolute Gasteiger partial charge is 0.354 e. The van der Waals surface area contributed by atoms with E-state index in [9.17, 15) is 18.0 Å². The number of hydrogen-bond donors (Lipinski definition) is 1. The molecule has 3 aromatic rings. The molecule has 202 valence electrons. The van der Waals surface area contributed by atoms with E-state index in [1.165, 1.54) is 4.90 Å². The Morgan fingerprint density at radius 3 is 2.16 bits per heavy atom. The van der Waals surface area contributed by atoms with Crippen molar-refractivity contribution in [2.45, 2.75) is 32.4 Å². The number of amides is 2. The van der Waals surface area contributed by atoms with Crippen LogP contribution in [0.25, 0.3) is 0 Å². The minimum Gasteiger partial charge on any atom is -0.354 e. The summed E-state index contributed by atoms with van der Waals surface area (Å²) < 4.78 is 27.3. The average Bonchev–Trinajstić information content (AvgIpc) is 2.89. The van der Waals surface area contributed by atoms with Crippen LogP contribution in [0.2, 0.25) is 5.02 Å². The molecule has 7 nitrogen and oxygen atoms in total. The van der Waals surface area contributed by atoms with Crippen molar-refractivity contribution >= 4 is 55.1 Å². The molecule has 1 atom stereocenters. The summed E-state index contributed by atoms with van der Waals surface area (Å²) in [5.41, 5.74) is 2.00. The molecule has 0 bridgehead atoms. The van der Waals surface area contributed by atoms with Gasteiger partial charge in [0.25, 0.3) is 0 Å². The maximum atomic E-state index is 13.9. The number of carbonyl (C=O) groups excluding carboxylic acids is 2. The topological polar surface area (TPSA) is 86.8 Å². The van der Waals surface area contributed by atoms with Crippen LogP contribution in [0, 0.1) is 0 Å². The molecule has 0 heterocycles. The van der Waals surface area contributed by atoms with Gasteiger partial charge in [0.1, 0.15) is 12.6 Å². The van der Waals surface area contributed by atoms with Gasteiger partial charge in [-0.1, -0.05) is 76.9 Å². The van der Waals surface area contributed by atoms with E-state index in [1.807, 2.05) is 37.3 Å². The van der Waals surface area contributed by atoms with Gasteiger partial charge in [0.2, 0.25) is 21.8 Å². The fraction of sp³-hybridized carbons (Fsp3) is 0.286. The third kappa shape index (κ3) is 8.58. The zero-order valence-electron chi connectivity index (χ0n) is 21.3. The van der Waals surface area contributed by atoms with Gasteiger partial charge in [-0.15, -0.1) is 0 Å². The lowest BCUT2D eigenvalue weighted by atomic mass is 10.0. The minimum absolute atomic E-state index is 0.102. The van der Waals surface area contributed by atoms with E-state index in [2.05, 4.69) is 21.2 Å². The van der Waals surface area contributed by atoms with Gasteiger partial charge in [-0.05, 0) is 53.9 Å². The highest BCUT2D eigenvalue weighted by atomic mass is 79.9. The molecule has 1 N–H and O–H groups in total. The molecule has 3 rings (SSSR count). The standard InChI is InChI=1S/C28H31BrClN3O4S/c1-3-17-31-28(35)26(18-21-7-5-4-6-8-21)32(19-22-9-13-24(30)14-10-22)27(34)20-33(38(2,36)37)25-15-11-23(29)12-16-25/h4-16,26H,3,17-20H2,1-2H3,(H,31,35). The van der Waals surface area contributed by atoms with E-state index in [4.69, 9.17) is 11.6 Å². The number of rotatable bonds is 12. The van der Waals surface area contributed by atoms with Gasteiger partial charge in [-0.3, -0.25) is 13.9 Å². The summed E-state index contributed by atoms with van der Waals surface area (Å²) in [6.45, 7) is 2.05.